The summed E-state index contributed by atoms with van der Waals surface area (Å²) in [5.74, 6) is 0.812. The lowest BCUT2D eigenvalue weighted by atomic mass is 10.3. The molecule has 1 N–H and O–H groups in total. The van der Waals surface area contributed by atoms with Gasteiger partial charge in [-0.1, -0.05) is 18.2 Å². The second-order valence-corrected chi connectivity index (χ2v) is 5.71. The van der Waals surface area contributed by atoms with Crippen LogP contribution in [0.5, 0.6) is 5.75 Å². The van der Waals surface area contributed by atoms with E-state index in [1.165, 1.54) is 4.67 Å². The molecule has 1 unspecified atom stereocenters. The van der Waals surface area contributed by atoms with E-state index >= 15 is 0 Å². The molecule has 1 rings (SSSR count). The minimum absolute atomic E-state index is 0.236. The molecule has 0 spiro atoms. The third-order valence-corrected chi connectivity index (χ3v) is 3.91. The highest BCUT2D eigenvalue weighted by Crippen LogP contribution is 2.46. The molecule has 7 heteroatoms. The monoisotopic (exact) mass is 297 g/mol. The van der Waals surface area contributed by atoms with Crippen LogP contribution in [0.25, 0.3) is 0 Å². The molecule has 0 fully saturated rings. The summed E-state index contributed by atoms with van der Waals surface area (Å²) in [7, 11) is -3.89. The van der Waals surface area contributed by atoms with Crippen LogP contribution in [0.4, 0.5) is 0 Å². The van der Waals surface area contributed by atoms with E-state index in [1.54, 1.807) is 30.3 Å². The van der Waals surface area contributed by atoms with Crippen molar-refractivity contribution < 1.29 is 14.0 Å². The number of para-hydroxylation sites is 1. The summed E-state index contributed by atoms with van der Waals surface area (Å²) >= 11 is 11.1. The molecule has 0 aromatic heterocycles. The van der Waals surface area contributed by atoms with Crippen LogP contribution in [0.1, 0.15) is 0 Å². The molecule has 1 aromatic carbocycles. The maximum absolute atomic E-state index is 12.0. The normalized spacial score (nSPS) is 14.6. The van der Waals surface area contributed by atoms with E-state index < -0.39 is 7.75 Å². The quantitative estimate of drug-likeness (QED) is 0.621. The van der Waals surface area contributed by atoms with Crippen molar-refractivity contribution in [2.75, 3.05) is 24.8 Å². The summed E-state index contributed by atoms with van der Waals surface area (Å²) in [5.41, 5.74) is 0. The minimum atomic E-state index is -3.89. The number of hydrogen-bond donors (Lipinski definition) is 1. The molecule has 1 aromatic rings. The van der Waals surface area contributed by atoms with E-state index in [2.05, 4.69) is 0 Å². The summed E-state index contributed by atoms with van der Waals surface area (Å²) < 4.78 is 18.3. The third-order valence-electron chi connectivity index (χ3n) is 2.01. The predicted octanol–water partition coefficient (Wildman–Crippen LogP) is 2.95. The standard InChI is InChI=1S/C10H14Cl2NO3P/c11-6-8-13(9-7-12)17(14,15)16-10-4-2-1-3-5-10/h1-5H,6-9H2,(H,14,15). The van der Waals surface area contributed by atoms with Crippen LogP contribution < -0.4 is 4.52 Å². The van der Waals surface area contributed by atoms with E-state index in [9.17, 15) is 9.46 Å². The molecule has 0 amide bonds. The highest BCUT2D eigenvalue weighted by molar-refractivity contribution is 7.50. The second-order valence-electron chi connectivity index (χ2n) is 3.23. The van der Waals surface area contributed by atoms with Gasteiger partial charge in [0.1, 0.15) is 5.75 Å². The van der Waals surface area contributed by atoms with Gasteiger partial charge in [-0.15, -0.1) is 23.2 Å². The van der Waals surface area contributed by atoms with Gasteiger partial charge in [0.05, 0.1) is 0 Å². The van der Waals surface area contributed by atoms with Crippen LogP contribution in [-0.4, -0.2) is 34.4 Å². The first kappa shape index (κ1) is 14.8. The molecule has 0 aliphatic carbocycles. The molecule has 1 atom stereocenters. The van der Waals surface area contributed by atoms with Crippen molar-refractivity contribution in [2.45, 2.75) is 0 Å². The molecule has 4 nitrogen and oxygen atoms in total. The lowest BCUT2D eigenvalue weighted by Crippen LogP contribution is -2.27. The minimum Gasteiger partial charge on any atom is -0.413 e. The molecule has 0 bridgehead atoms. The van der Waals surface area contributed by atoms with Crippen molar-refractivity contribution in [3.8, 4) is 5.75 Å². The first-order valence-corrected chi connectivity index (χ1v) is 7.65. The van der Waals surface area contributed by atoms with Gasteiger partial charge in [0.2, 0.25) is 0 Å². The molecule has 0 heterocycles. The first-order chi connectivity index (χ1) is 8.10. The number of hydrogen-bond acceptors (Lipinski definition) is 2. The maximum atomic E-state index is 12.0. The van der Waals surface area contributed by atoms with Gasteiger partial charge >= 0.3 is 7.75 Å². The number of rotatable bonds is 7. The fourth-order valence-electron chi connectivity index (χ4n) is 1.24. The van der Waals surface area contributed by atoms with Gasteiger partial charge in [0, 0.05) is 24.8 Å². The highest BCUT2D eigenvalue weighted by atomic mass is 35.5. The maximum Gasteiger partial charge on any atom is 0.458 e. The summed E-state index contributed by atoms with van der Waals surface area (Å²) in [4.78, 5) is 9.83. The summed E-state index contributed by atoms with van der Waals surface area (Å²) in [6, 6.07) is 8.47. The van der Waals surface area contributed by atoms with Crippen molar-refractivity contribution in [1.29, 1.82) is 0 Å². The van der Waals surface area contributed by atoms with E-state index in [4.69, 9.17) is 27.7 Å². The van der Waals surface area contributed by atoms with E-state index in [0.717, 1.165) is 0 Å². The van der Waals surface area contributed by atoms with Crippen LogP contribution in [0.15, 0.2) is 30.3 Å². The molecule has 96 valence electrons. The fraction of sp³-hybridized carbons (Fsp3) is 0.400. The largest absolute Gasteiger partial charge is 0.458 e. The molecule has 0 aliphatic heterocycles. The molecule has 0 saturated carbocycles. The van der Waals surface area contributed by atoms with Gasteiger partial charge < -0.3 is 9.42 Å². The van der Waals surface area contributed by atoms with Crippen LogP contribution in [0.3, 0.4) is 0 Å². The van der Waals surface area contributed by atoms with Crippen molar-refractivity contribution in [1.82, 2.24) is 4.67 Å². The Bertz CT molecular complexity index is 371. The van der Waals surface area contributed by atoms with Crippen LogP contribution in [0.2, 0.25) is 0 Å². The predicted molar refractivity (Wildman–Crippen MR) is 69.9 cm³/mol. The topological polar surface area (TPSA) is 49.8 Å². The fourth-order valence-corrected chi connectivity index (χ4v) is 3.10. The van der Waals surface area contributed by atoms with E-state index in [-0.39, 0.29) is 24.8 Å². The average Bonchev–Trinajstić information content (AvgIpc) is 2.29. The van der Waals surface area contributed by atoms with Crippen molar-refractivity contribution >= 4 is 30.9 Å². The van der Waals surface area contributed by atoms with Crippen molar-refractivity contribution in [3.05, 3.63) is 30.3 Å². The van der Waals surface area contributed by atoms with Gasteiger partial charge in [-0.3, -0.25) is 0 Å². The van der Waals surface area contributed by atoms with Gasteiger partial charge in [-0.2, -0.15) is 4.67 Å². The Labute approximate surface area is 111 Å². The Morgan fingerprint density at radius 2 is 1.71 bits per heavy atom. The SMILES string of the molecule is O=P(O)(Oc1ccccc1)N(CCCl)CCCl. The Morgan fingerprint density at radius 1 is 1.18 bits per heavy atom. The summed E-state index contributed by atoms with van der Waals surface area (Å²) in [6.07, 6.45) is 0. The Kier molecular flexibility index (Phi) is 6.31. The lowest BCUT2D eigenvalue weighted by molar-refractivity contribution is 0.289. The number of benzene rings is 1. The van der Waals surface area contributed by atoms with Crippen molar-refractivity contribution in [3.63, 3.8) is 0 Å². The van der Waals surface area contributed by atoms with E-state index in [0.29, 0.717) is 5.75 Å². The third kappa shape index (κ3) is 4.86. The molecule has 0 radical (unpaired) electrons. The first-order valence-electron chi connectivity index (χ1n) is 5.05. The van der Waals surface area contributed by atoms with Crippen LogP contribution >= 0.6 is 30.9 Å². The molecule has 0 saturated heterocycles. The molecule has 0 aliphatic rings. The Hall–Kier alpha value is -0.250. The summed E-state index contributed by atoms with van der Waals surface area (Å²) in [5, 5.41) is 0. The molecular formula is C10H14Cl2NO3P. The van der Waals surface area contributed by atoms with Gasteiger partial charge in [-0.25, -0.2) is 4.57 Å². The van der Waals surface area contributed by atoms with E-state index in [1.807, 2.05) is 0 Å². The average molecular weight is 298 g/mol. The highest BCUT2D eigenvalue weighted by Gasteiger charge is 2.30. The van der Waals surface area contributed by atoms with Gasteiger partial charge in [-0.05, 0) is 12.1 Å². The molecule has 17 heavy (non-hydrogen) atoms. The lowest BCUT2D eigenvalue weighted by Gasteiger charge is -2.25. The van der Waals surface area contributed by atoms with Gasteiger partial charge in [0.15, 0.2) is 0 Å². The van der Waals surface area contributed by atoms with Gasteiger partial charge in [0.25, 0.3) is 0 Å². The van der Waals surface area contributed by atoms with Crippen LogP contribution in [0, 0.1) is 0 Å². The zero-order valence-electron chi connectivity index (χ0n) is 9.13. The van der Waals surface area contributed by atoms with Crippen molar-refractivity contribution in [2.24, 2.45) is 0 Å². The zero-order chi connectivity index (χ0) is 12.7. The number of alkyl halides is 2. The number of nitrogens with zero attached hydrogens (tertiary/aromatic N) is 1. The second kappa shape index (κ2) is 7.24. The number of halogens is 2. The summed E-state index contributed by atoms with van der Waals surface area (Å²) in [6.45, 7) is 0.490. The Morgan fingerprint density at radius 3 is 2.18 bits per heavy atom. The Balaban J connectivity index is 2.74. The molecular weight excluding hydrogens is 284 g/mol. The van der Waals surface area contributed by atoms with Crippen LogP contribution in [-0.2, 0) is 4.57 Å². The zero-order valence-corrected chi connectivity index (χ0v) is 11.5. The smallest absolute Gasteiger partial charge is 0.413 e.